The van der Waals surface area contributed by atoms with Crippen molar-refractivity contribution in [1.82, 2.24) is 0 Å². The van der Waals surface area contributed by atoms with Crippen LogP contribution in [0, 0.1) is 46.3 Å². The zero-order chi connectivity index (χ0) is 19.4. The minimum atomic E-state index is -0.893. The Kier molecular flexibility index (Phi) is 5.15. The van der Waals surface area contributed by atoms with Crippen LogP contribution < -0.4 is 5.11 Å². The van der Waals surface area contributed by atoms with Gasteiger partial charge in [0.2, 0.25) is 0 Å². The van der Waals surface area contributed by atoms with Crippen LogP contribution in [0.15, 0.2) is 0 Å². The molecule has 0 amide bonds. The van der Waals surface area contributed by atoms with Gasteiger partial charge in [0.15, 0.2) is 0 Å². The summed E-state index contributed by atoms with van der Waals surface area (Å²) < 4.78 is 0. The second-order valence-corrected chi connectivity index (χ2v) is 11.2. The molecule has 0 aromatic carbocycles. The molecule has 0 aromatic heterocycles. The van der Waals surface area contributed by atoms with Crippen LogP contribution in [0.3, 0.4) is 0 Å². The SMILES string of the molecule is CC(CCC(=O)[O-])C1CCC2C3CCC4CC(O)CCC4(C)C3CCC12C. The summed E-state index contributed by atoms with van der Waals surface area (Å²) in [7, 11) is 0. The quantitative estimate of drug-likeness (QED) is 0.802. The molecule has 4 aliphatic rings. The van der Waals surface area contributed by atoms with Crippen molar-refractivity contribution >= 4 is 5.97 Å². The van der Waals surface area contributed by atoms with Gasteiger partial charge in [-0.1, -0.05) is 20.8 Å². The van der Waals surface area contributed by atoms with Crippen molar-refractivity contribution < 1.29 is 15.0 Å². The molecule has 0 aliphatic heterocycles. The van der Waals surface area contributed by atoms with Crippen molar-refractivity contribution in [3.05, 3.63) is 0 Å². The number of aliphatic hydroxyl groups is 1. The van der Waals surface area contributed by atoms with Crippen LogP contribution in [0.25, 0.3) is 0 Å². The molecule has 0 heterocycles. The molecular formula is C24H39O3-. The normalized spacial score (nSPS) is 50.4. The van der Waals surface area contributed by atoms with E-state index in [2.05, 4.69) is 20.8 Å². The number of rotatable bonds is 4. The summed E-state index contributed by atoms with van der Waals surface area (Å²) in [4.78, 5) is 10.9. The molecule has 3 heteroatoms. The number of aliphatic carboxylic acids is 1. The van der Waals surface area contributed by atoms with E-state index < -0.39 is 5.97 Å². The molecule has 4 aliphatic carbocycles. The zero-order valence-corrected chi connectivity index (χ0v) is 17.6. The van der Waals surface area contributed by atoms with E-state index in [1.54, 1.807) is 0 Å². The molecule has 27 heavy (non-hydrogen) atoms. The fourth-order valence-corrected chi connectivity index (χ4v) is 8.76. The van der Waals surface area contributed by atoms with E-state index in [-0.39, 0.29) is 12.5 Å². The van der Waals surface area contributed by atoms with E-state index in [1.165, 1.54) is 44.9 Å². The molecule has 4 fully saturated rings. The van der Waals surface area contributed by atoms with Gasteiger partial charge in [-0.2, -0.15) is 0 Å². The first-order valence-corrected chi connectivity index (χ1v) is 11.6. The Labute approximate surface area is 165 Å². The zero-order valence-electron chi connectivity index (χ0n) is 17.6. The summed E-state index contributed by atoms with van der Waals surface area (Å²) in [6, 6.07) is 0. The minimum absolute atomic E-state index is 0.0612. The number of fused-ring (bicyclic) bond motifs is 5. The van der Waals surface area contributed by atoms with Gasteiger partial charge in [0.25, 0.3) is 0 Å². The highest BCUT2D eigenvalue weighted by Crippen LogP contribution is 2.68. The number of carboxylic acid groups (broad SMARTS) is 1. The number of carbonyl (C=O) groups is 1. The molecule has 0 spiro atoms. The van der Waals surface area contributed by atoms with E-state index in [1.807, 2.05) is 0 Å². The summed E-state index contributed by atoms with van der Waals surface area (Å²) in [5.41, 5.74) is 0.853. The van der Waals surface area contributed by atoms with Crippen molar-refractivity contribution in [1.29, 1.82) is 0 Å². The van der Waals surface area contributed by atoms with E-state index in [0.29, 0.717) is 22.7 Å². The fraction of sp³-hybridized carbons (Fsp3) is 0.958. The van der Waals surface area contributed by atoms with Gasteiger partial charge < -0.3 is 15.0 Å². The van der Waals surface area contributed by atoms with Gasteiger partial charge >= 0.3 is 0 Å². The van der Waals surface area contributed by atoms with E-state index in [0.717, 1.165) is 42.9 Å². The van der Waals surface area contributed by atoms with Gasteiger partial charge in [-0.25, -0.2) is 0 Å². The Morgan fingerprint density at radius 1 is 1.04 bits per heavy atom. The van der Waals surface area contributed by atoms with Crippen LogP contribution in [0.2, 0.25) is 0 Å². The summed E-state index contributed by atoms with van der Waals surface area (Å²) in [5, 5.41) is 21.1. The second kappa shape index (κ2) is 7.04. The highest BCUT2D eigenvalue weighted by Gasteiger charge is 2.60. The maximum Gasteiger partial charge on any atom is 0.0543 e. The largest absolute Gasteiger partial charge is 0.550 e. The van der Waals surface area contributed by atoms with Gasteiger partial charge in [-0.3, -0.25) is 0 Å². The van der Waals surface area contributed by atoms with E-state index in [4.69, 9.17) is 0 Å². The second-order valence-electron chi connectivity index (χ2n) is 11.2. The van der Waals surface area contributed by atoms with Crippen molar-refractivity contribution in [3.63, 3.8) is 0 Å². The first kappa shape index (κ1) is 19.7. The van der Waals surface area contributed by atoms with Crippen molar-refractivity contribution in [3.8, 4) is 0 Å². The monoisotopic (exact) mass is 375 g/mol. The summed E-state index contributed by atoms with van der Waals surface area (Å²) in [6.07, 6.45) is 12.2. The van der Waals surface area contributed by atoms with Crippen LogP contribution >= 0.6 is 0 Å². The van der Waals surface area contributed by atoms with Crippen LogP contribution in [-0.2, 0) is 4.79 Å². The molecule has 154 valence electrons. The predicted octanol–water partition coefficient (Wildman–Crippen LogP) is 4.17. The lowest BCUT2D eigenvalue weighted by atomic mass is 9.44. The molecular weight excluding hydrogens is 336 g/mol. The fourth-order valence-electron chi connectivity index (χ4n) is 8.76. The Morgan fingerprint density at radius 3 is 2.48 bits per heavy atom. The Morgan fingerprint density at radius 2 is 1.74 bits per heavy atom. The molecule has 0 saturated heterocycles. The number of carboxylic acids is 1. The number of hydrogen-bond acceptors (Lipinski definition) is 3. The molecule has 0 radical (unpaired) electrons. The Bertz CT molecular complexity index is 574. The number of aliphatic hydroxyl groups excluding tert-OH is 1. The average Bonchev–Trinajstić information content (AvgIpc) is 2.97. The molecule has 3 nitrogen and oxygen atoms in total. The van der Waals surface area contributed by atoms with Crippen molar-refractivity contribution in [2.24, 2.45) is 46.3 Å². The van der Waals surface area contributed by atoms with E-state index >= 15 is 0 Å². The standard InChI is InChI=1S/C24H40O3/c1-15(4-9-22(26)27)19-7-8-20-18-6-5-16-14-17(25)10-12-23(16,2)21(18)11-13-24(19,20)3/h15-21,25H,4-14H2,1-3H3,(H,26,27)/p-1. The first-order valence-electron chi connectivity index (χ1n) is 11.6. The van der Waals surface area contributed by atoms with Gasteiger partial charge in [-0.05, 0) is 117 Å². The van der Waals surface area contributed by atoms with E-state index in [9.17, 15) is 15.0 Å². The highest BCUT2D eigenvalue weighted by atomic mass is 16.4. The summed E-state index contributed by atoms with van der Waals surface area (Å²) in [5.74, 6) is 3.55. The Balaban J connectivity index is 1.51. The number of hydrogen-bond donors (Lipinski definition) is 1. The maximum absolute atomic E-state index is 10.9. The van der Waals surface area contributed by atoms with Gasteiger partial charge in [0, 0.05) is 5.97 Å². The van der Waals surface area contributed by atoms with Crippen molar-refractivity contribution in [2.75, 3.05) is 0 Å². The lowest BCUT2D eigenvalue weighted by Gasteiger charge is -2.61. The van der Waals surface area contributed by atoms with Gasteiger partial charge in [0.1, 0.15) is 0 Å². The van der Waals surface area contributed by atoms with Crippen LogP contribution in [0.1, 0.15) is 91.4 Å². The van der Waals surface area contributed by atoms with Crippen molar-refractivity contribution in [2.45, 2.75) is 97.5 Å². The average molecular weight is 376 g/mol. The Hall–Kier alpha value is -0.570. The highest BCUT2D eigenvalue weighted by molar-refractivity contribution is 5.64. The number of carbonyl (C=O) groups excluding carboxylic acids is 1. The summed E-state index contributed by atoms with van der Waals surface area (Å²) in [6.45, 7) is 7.38. The van der Waals surface area contributed by atoms with Crippen LogP contribution in [0.5, 0.6) is 0 Å². The first-order chi connectivity index (χ1) is 12.8. The topological polar surface area (TPSA) is 60.4 Å². The third-order valence-corrected chi connectivity index (χ3v) is 10.2. The lowest BCUT2D eigenvalue weighted by molar-refractivity contribution is -0.306. The predicted molar refractivity (Wildman–Crippen MR) is 105 cm³/mol. The van der Waals surface area contributed by atoms with Crippen LogP contribution in [0.4, 0.5) is 0 Å². The molecule has 9 atom stereocenters. The molecule has 9 unspecified atom stereocenters. The van der Waals surface area contributed by atoms with Gasteiger partial charge in [-0.15, -0.1) is 0 Å². The molecule has 4 saturated carbocycles. The molecule has 0 aromatic rings. The molecule has 0 bridgehead atoms. The third-order valence-electron chi connectivity index (χ3n) is 10.2. The maximum atomic E-state index is 10.9. The molecule has 4 rings (SSSR count). The smallest absolute Gasteiger partial charge is 0.0543 e. The lowest BCUT2D eigenvalue weighted by Crippen LogP contribution is -2.54. The summed E-state index contributed by atoms with van der Waals surface area (Å²) >= 11 is 0. The minimum Gasteiger partial charge on any atom is -0.550 e. The molecule has 1 N–H and O–H groups in total. The van der Waals surface area contributed by atoms with Crippen LogP contribution in [-0.4, -0.2) is 17.2 Å². The van der Waals surface area contributed by atoms with Gasteiger partial charge in [0.05, 0.1) is 6.10 Å². The third kappa shape index (κ3) is 3.16.